The Hall–Kier alpha value is -4.79. The highest BCUT2D eigenvalue weighted by Crippen LogP contribution is 2.41. The molecule has 1 aromatic heterocycles. The summed E-state index contributed by atoms with van der Waals surface area (Å²) in [6.07, 6.45) is -15.8. The van der Waals surface area contributed by atoms with Crippen molar-refractivity contribution in [3.8, 4) is 34.3 Å². The number of benzene rings is 2. The number of hydrogen-bond donors (Lipinski definition) is 8. The number of phenols is 1. The molecule has 8 N–H and O–H groups in total. The van der Waals surface area contributed by atoms with Gasteiger partial charge in [0, 0.05) is 17.2 Å². The number of ether oxygens (including phenoxy) is 6. The molecule has 294 valence electrons. The van der Waals surface area contributed by atoms with Crippen LogP contribution in [0.5, 0.6) is 23.0 Å². The minimum absolute atomic E-state index is 0.00406. The minimum Gasteiger partial charge on any atom is -0.507 e. The molecule has 2 aromatic carbocycles. The molecule has 2 fully saturated rings. The van der Waals surface area contributed by atoms with Gasteiger partial charge in [0.15, 0.2) is 5.76 Å². The lowest BCUT2D eigenvalue weighted by molar-refractivity contribution is -0.278. The van der Waals surface area contributed by atoms with Gasteiger partial charge in [-0.05, 0) is 51.5 Å². The first kappa shape index (κ1) is 40.4. The van der Waals surface area contributed by atoms with Gasteiger partial charge in [-0.2, -0.15) is 0 Å². The van der Waals surface area contributed by atoms with E-state index in [9.17, 15) is 50.1 Å². The first-order chi connectivity index (χ1) is 25.5. The van der Waals surface area contributed by atoms with E-state index in [0.29, 0.717) is 5.75 Å². The SMILES string of the molecule is COc1ccc(-c2oc3c(CC=C(C)C)c(O[C@@H]4O[C@H](COC(=O)CC(=O)O)[C@@H](O)[C@H](O)[C@H]4O)cc(O)c3c(=O)c2O[C@@H]2O[C@@H](C)[C@H](O)[C@@H](O)[C@H]2O)cc1. The Balaban J connectivity index is 1.63. The zero-order valence-corrected chi connectivity index (χ0v) is 29.5. The Kier molecular flexibility index (Phi) is 12.5. The van der Waals surface area contributed by atoms with Gasteiger partial charge >= 0.3 is 11.9 Å². The van der Waals surface area contributed by atoms with Crippen LogP contribution in [0.1, 0.15) is 32.8 Å². The van der Waals surface area contributed by atoms with Crippen molar-refractivity contribution in [1.29, 1.82) is 0 Å². The van der Waals surface area contributed by atoms with Gasteiger partial charge in [-0.25, -0.2) is 0 Å². The van der Waals surface area contributed by atoms with Crippen molar-refractivity contribution in [1.82, 2.24) is 0 Å². The monoisotopic (exact) mass is 762 g/mol. The number of aliphatic hydroxyl groups is 6. The molecule has 0 unspecified atom stereocenters. The molecule has 0 bridgehead atoms. The molecule has 0 aliphatic carbocycles. The second kappa shape index (κ2) is 16.7. The number of carboxylic acids is 1. The summed E-state index contributed by atoms with van der Waals surface area (Å²) >= 11 is 0. The van der Waals surface area contributed by atoms with Gasteiger partial charge in [-0.15, -0.1) is 0 Å². The van der Waals surface area contributed by atoms with Crippen molar-refractivity contribution in [2.75, 3.05) is 13.7 Å². The van der Waals surface area contributed by atoms with Crippen LogP contribution in [0.4, 0.5) is 0 Å². The number of aliphatic carboxylic acids is 1. The number of esters is 1. The van der Waals surface area contributed by atoms with E-state index in [1.54, 1.807) is 32.1 Å². The van der Waals surface area contributed by atoms with Crippen molar-refractivity contribution >= 4 is 22.9 Å². The maximum atomic E-state index is 14.4. The number of hydrogen-bond acceptors (Lipinski definition) is 17. The van der Waals surface area contributed by atoms with E-state index in [1.807, 2.05) is 0 Å². The Labute approximate surface area is 306 Å². The van der Waals surface area contributed by atoms with Gasteiger partial charge in [0.1, 0.15) is 84.0 Å². The third-order valence-corrected chi connectivity index (χ3v) is 8.89. The average Bonchev–Trinajstić information content (AvgIpc) is 3.12. The minimum atomic E-state index is -1.91. The fourth-order valence-corrected chi connectivity index (χ4v) is 5.86. The molecule has 3 heterocycles. The van der Waals surface area contributed by atoms with Gasteiger partial charge in [0.25, 0.3) is 0 Å². The van der Waals surface area contributed by atoms with E-state index in [1.165, 1.54) is 26.2 Å². The van der Waals surface area contributed by atoms with E-state index in [-0.39, 0.29) is 34.6 Å². The quantitative estimate of drug-likeness (QED) is 0.0690. The topological polar surface area (TPSA) is 282 Å². The summed E-state index contributed by atoms with van der Waals surface area (Å²) in [4.78, 5) is 37.0. The average molecular weight is 763 g/mol. The van der Waals surface area contributed by atoms with E-state index in [0.717, 1.165) is 11.6 Å². The van der Waals surface area contributed by atoms with Crippen LogP contribution >= 0.6 is 0 Å². The number of fused-ring (bicyclic) bond motifs is 1. The molecule has 18 nitrogen and oxygen atoms in total. The van der Waals surface area contributed by atoms with Gasteiger partial charge in [0.05, 0.1) is 13.2 Å². The molecule has 10 atom stereocenters. The zero-order valence-electron chi connectivity index (χ0n) is 29.5. The molecule has 5 rings (SSSR count). The number of carbonyl (C=O) groups excluding carboxylic acids is 1. The number of aliphatic hydroxyl groups excluding tert-OH is 6. The third kappa shape index (κ3) is 8.45. The van der Waals surface area contributed by atoms with Crippen molar-refractivity contribution in [2.24, 2.45) is 0 Å². The molecule has 0 amide bonds. The number of rotatable bonds is 12. The molecule has 3 aromatic rings. The molecule has 54 heavy (non-hydrogen) atoms. The highest BCUT2D eigenvalue weighted by atomic mass is 16.7. The summed E-state index contributed by atoms with van der Waals surface area (Å²) in [5, 5.41) is 83.1. The maximum Gasteiger partial charge on any atom is 0.317 e. The normalized spacial score (nSPS) is 28.3. The summed E-state index contributed by atoms with van der Waals surface area (Å²) in [5.41, 5.74) is 0.0402. The standard InChI is InChI=1S/C36H42O18/c1-14(2)5-10-18-20(51-36-31(47)29(45)26(42)21(52-36)13-49-23(40)12-22(38)39)11-19(37)24-27(43)34(54-35-30(46)28(44)25(41)15(3)50-35)32(53-33(18)24)16-6-8-17(48-4)9-7-16/h5-9,11,15,21,25-26,28-31,35-37,41-42,44-47H,10,12-13H2,1-4H3,(H,38,39)/t15-,21+,25-,26+,28+,29-,30+,31+,35-,36+/m0/s1. The predicted molar refractivity (Wildman–Crippen MR) is 183 cm³/mol. The molecular weight excluding hydrogens is 720 g/mol. The number of aromatic hydroxyl groups is 1. The summed E-state index contributed by atoms with van der Waals surface area (Å²) in [5.74, 6) is -3.83. The summed E-state index contributed by atoms with van der Waals surface area (Å²) in [6.45, 7) is 4.28. The van der Waals surface area contributed by atoms with Crippen LogP contribution in [0.2, 0.25) is 0 Å². The molecule has 0 radical (unpaired) electrons. The molecule has 2 aliphatic heterocycles. The highest BCUT2D eigenvalue weighted by Gasteiger charge is 2.46. The maximum absolute atomic E-state index is 14.4. The van der Waals surface area contributed by atoms with Crippen LogP contribution in [0.15, 0.2) is 51.2 Å². The molecule has 18 heteroatoms. The van der Waals surface area contributed by atoms with Gasteiger partial charge in [0.2, 0.25) is 23.8 Å². The number of methoxy groups -OCH3 is 1. The third-order valence-electron chi connectivity index (χ3n) is 8.89. The summed E-state index contributed by atoms with van der Waals surface area (Å²) < 4.78 is 39.6. The second-order valence-corrected chi connectivity index (χ2v) is 13.1. The number of carbonyl (C=O) groups is 2. The van der Waals surface area contributed by atoms with Gasteiger partial charge < -0.3 is 73.7 Å². The van der Waals surface area contributed by atoms with Gasteiger partial charge in [-0.1, -0.05) is 11.6 Å². The van der Waals surface area contributed by atoms with Crippen molar-refractivity contribution in [3.63, 3.8) is 0 Å². The number of phenolic OH excluding ortho intramolecular Hbond substituents is 1. The second-order valence-electron chi connectivity index (χ2n) is 13.1. The molecule has 0 spiro atoms. The van der Waals surface area contributed by atoms with E-state index >= 15 is 0 Å². The van der Waals surface area contributed by atoms with Crippen molar-refractivity contribution in [2.45, 2.75) is 95.0 Å². The Morgan fingerprint density at radius 1 is 0.870 bits per heavy atom. The zero-order chi connectivity index (χ0) is 39.6. The van der Waals surface area contributed by atoms with Crippen LogP contribution in [0, 0.1) is 0 Å². The van der Waals surface area contributed by atoms with E-state index < -0.39 is 109 Å². The molecule has 0 saturated carbocycles. The molecule has 2 saturated heterocycles. The smallest absolute Gasteiger partial charge is 0.317 e. The summed E-state index contributed by atoms with van der Waals surface area (Å²) in [7, 11) is 1.45. The number of carboxylic acid groups (broad SMARTS) is 1. The first-order valence-corrected chi connectivity index (χ1v) is 16.8. The lowest BCUT2D eigenvalue weighted by Crippen LogP contribution is -2.60. The number of allylic oxidation sites excluding steroid dienone is 2. The first-order valence-electron chi connectivity index (χ1n) is 16.8. The largest absolute Gasteiger partial charge is 0.507 e. The Morgan fingerprint density at radius 2 is 1.50 bits per heavy atom. The van der Waals surface area contributed by atoms with Crippen LogP contribution in [-0.2, 0) is 30.2 Å². The van der Waals surface area contributed by atoms with Crippen LogP contribution in [0.3, 0.4) is 0 Å². The molecule has 2 aliphatic rings. The highest BCUT2D eigenvalue weighted by molar-refractivity contribution is 5.91. The predicted octanol–water partition coefficient (Wildman–Crippen LogP) is 0.0935. The fraction of sp³-hybridized carbons (Fsp3) is 0.472. The Morgan fingerprint density at radius 3 is 2.11 bits per heavy atom. The molecular formula is C36H42O18. The van der Waals surface area contributed by atoms with Crippen molar-refractivity contribution in [3.05, 3.63) is 57.8 Å². The van der Waals surface area contributed by atoms with Crippen LogP contribution in [-0.4, -0.2) is 128 Å². The lowest BCUT2D eigenvalue weighted by Gasteiger charge is -2.40. The van der Waals surface area contributed by atoms with E-state index in [2.05, 4.69) is 0 Å². The van der Waals surface area contributed by atoms with Crippen molar-refractivity contribution < 1.29 is 83.3 Å². The lowest BCUT2D eigenvalue weighted by atomic mass is 9.99. The van der Waals surface area contributed by atoms with Gasteiger partial charge in [-0.3, -0.25) is 14.4 Å². The van der Waals surface area contributed by atoms with Crippen LogP contribution < -0.4 is 19.6 Å². The van der Waals surface area contributed by atoms with Crippen LogP contribution in [0.25, 0.3) is 22.3 Å². The van der Waals surface area contributed by atoms with E-state index in [4.69, 9.17) is 37.9 Å². The summed E-state index contributed by atoms with van der Waals surface area (Å²) in [6, 6.07) is 7.22. The Bertz CT molecular complexity index is 1920. The fourth-order valence-electron chi connectivity index (χ4n) is 5.86.